The zero-order chi connectivity index (χ0) is 5.11. The van der Waals surface area contributed by atoms with Crippen molar-refractivity contribution in [3.05, 3.63) is 18.2 Å². The van der Waals surface area contributed by atoms with Crippen LogP contribution in [0.1, 0.15) is 5.69 Å². The minimum absolute atomic E-state index is 0.818. The van der Waals surface area contributed by atoms with Crippen LogP contribution in [0, 0.1) is 13.3 Å². The molecule has 3 heteroatoms. The lowest BCUT2D eigenvalue weighted by molar-refractivity contribution is 0.915. The van der Waals surface area contributed by atoms with Gasteiger partial charge in [-0.1, -0.05) is 0 Å². The second-order valence-electron chi connectivity index (χ2n) is 1.20. The second-order valence-corrected chi connectivity index (χ2v) is 1.20. The minimum Gasteiger partial charge on any atom is -0.230 e. The summed E-state index contributed by atoms with van der Waals surface area (Å²) in [4.78, 5) is 3.59. The molecule has 0 saturated carbocycles. The van der Waals surface area contributed by atoms with Crippen LogP contribution in [0.5, 0.6) is 0 Å². The lowest BCUT2D eigenvalue weighted by Gasteiger charge is -1.79. The predicted molar refractivity (Wildman–Crippen MR) is 23.4 cm³/mol. The summed E-state index contributed by atoms with van der Waals surface area (Å²) in [6.45, 7) is 1.83. The maximum atomic E-state index is 3.61. The predicted octanol–water partition coefficient (Wildman–Crippen LogP) is -0.0198. The topological polar surface area (TPSA) is 38.7 Å². The summed E-state index contributed by atoms with van der Waals surface area (Å²) in [7, 11) is 0. The van der Waals surface area contributed by atoms with Crippen LogP contribution in [0.2, 0.25) is 0 Å². The molecule has 0 aliphatic carbocycles. The van der Waals surface area contributed by atoms with E-state index >= 15 is 0 Å². The van der Waals surface area contributed by atoms with Gasteiger partial charge in [0.25, 0.3) is 0 Å². The van der Waals surface area contributed by atoms with E-state index in [0.717, 1.165) is 5.69 Å². The monoisotopic (exact) mass is 94.0 g/mol. The Hall–Kier alpha value is -0.990. The SMILES string of the molecule is Cc1cn[c]nn1. The van der Waals surface area contributed by atoms with Gasteiger partial charge in [-0.05, 0) is 6.92 Å². The molecule has 0 atom stereocenters. The highest BCUT2D eigenvalue weighted by atomic mass is 15.1. The first-order valence-electron chi connectivity index (χ1n) is 1.92. The smallest absolute Gasteiger partial charge is 0.221 e. The molecule has 1 rings (SSSR count). The third-order valence-electron chi connectivity index (χ3n) is 0.562. The number of hydrogen-bond donors (Lipinski definition) is 0. The maximum Gasteiger partial charge on any atom is 0.221 e. The Labute approximate surface area is 41.4 Å². The molecule has 0 spiro atoms. The molecule has 1 aromatic heterocycles. The Morgan fingerprint density at radius 2 is 2.57 bits per heavy atom. The van der Waals surface area contributed by atoms with Crippen molar-refractivity contribution in [2.24, 2.45) is 0 Å². The van der Waals surface area contributed by atoms with E-state index in [1.807, 2.05) is 6.92 Å². The summed E-state index contributed by atoms with van der Waals surface area (Å²) in [5, 5.41) is 7.01. The maximum absolute atomic E-state index is 3.61. The van der Waals surface area contributed by atoms with Gasteiger partial charge in [0, 0.05) is 0 Å². The average molecular weight is 94.1 g/mol. The van der Waals surface area contributed by atoms with Gasteiger partial charge in [-0.15, -0.1) is 5.10 Å². The highest BCUT2D eigenvalue weighted by Gasteiger charge is 1.77. The Kier molecular flexibility index (Phi) is 0.978. The first-order valence-corrected chi connectivity index (χ1v) is 1.92. The zero-order valence-electron chi connectivity index (χ0n) is 3.92. The number of hydrogen-bond acceptors (Lipinski definition) is 3. The molecular formula is C4H4N3. The molecule has 0 N–H and O–H groups in total. The van der Waals surface area contributed by atoms with Crippen LogP contribution in [-0.2, 0) is 0 Å². The van der Waals surface area contributed by atoms with Crippen molar-refractivity contribution in [1.82, 2.24) is 15.2 Å². The molecule has 1 radical (unpaired) electrons. The standard InChI is InChI=1S/C4H4N3/c1-4-2-5-3-6-7-4/h2H,1H3. The van der Waals surface area contributed by atoms with Crippen LogP contribution < -0.4 is 0 Å². The molecule has 1 aromatic rings. The molecule has 0 bridgehead atoms. The summed E-state index contributed by atoms with van der Waals surface area (Å²) in [5.41, 5.74) is 0.818. The first kappa shape index (κ1) is 4.18. The number of rotatable bonds is 0. The van der Waals surface area contributed by atoms with E-state index in [-0.39, 0.29) is 0 Å². The van der Waals surface area contributed by atoms with E-state index in [2.05, 4.69) is 21.5 Å². The Bertz CT molecular complexity index is 137. The number of nitrogens with zero attached hydrogens (tertiary/aromatic N) is 3. The van der Waals surface area contributed by atoms with Crippen molar-refractivity contribution in [1.29, 1.82) is 0 Å². The average Bonchev–Trinajstić information content (AvgIpc) is 1.69. The molecule has 0 fully saturated rings. The molecule has 1 heterocycles. The molecule has 0 saturated heterocycles. The summed E-state index contributed by atoms with van der Waals surface area (Å²) in [6.07, 6.45) is 3.93. The van der Waals surface area contributed by atoms with Crippen LogP contribution >= 0.6 is 0 Å². The normalized spacial score (nSPS) is 8.71. The quantitative estimate of drug-likeness (QED) is 0.453. The van der Waals surface area contributed by atoms with Gasteiger partial charge < -0.3 is 0 Å². The molecule has 0 unspecified atom stereocenters. The minimum atomic E-state index is 0.818. The molecule has 0 aliphatic rings. The zero-order valence-corrected chi connectivity index (χ0v) is 3.92. The van der Waals surface area contributed by atoms with Crippen molar-refractivity contribution in [3.63, 3.8) is 0 Å². The van der Waals surface area contributed by atoms with E-state index < -0.39 is 0 Å². The second kappa shape index (κ2) is 1.64. The van der Waals surface area contributed by atoms with Crippen LogP contribution in [0.3, 0.4) is 0 Å². The van der Waals surface area contributed by atoms with Gasteiger partial charge in [-0.3, -0.25) is 0 Å². The van der Waals surface area contributed by atoms with Crippen molar-refractivity contribution in [2.45, 2.75) is 6.92 Å². The van der Waals surface area contributed by atoms with E-state index in [0.29, 0.717) is 0 Å². The van der Waals surface area contributed by atoms with Gasteiger partial charge in [-0.25, -0.2) is 4.98 Å². The molecule has 0 aromatic carbocycles. The first-order chi connectivity index (χ1) is 3.39. The molecule has 0 aliphatic heterocycles. The van der Waals surface area contributed by atoms with E-state index in [4.69, 9.17) is 0 Å². The van der Waals surface area contributed by atoms with Crippen LogP contribution in [0.4, 0.5) is 0 Å². The summed E-state index contributed by atoms with van der Waals surface area (Å²) >= 11 is 0. The molecule has 35 valence electrons. The van der Waals surface area contributed by atoms with Crippen molar-refractivity contribution < 1.29 is 0 Å². The van der Waals surface area contributed by atoms with Crippen molar-refractivity contribution in [3.8, 4) is 0 Å². The fraction of sp³-hybridized carbons (Fsp3) is 0.250. The fourth-order valence-corrected chi connectivity index (χ4v) is 0.275. The Balaban J connectivity index is 3.02. The Morgan fingerprint density at radius 1 is 1.71 bits per heavy atom. The van der Waals surface area contributed by atoms with Crippen LogP contribution in [0.25, 0.3) is 0 Å². The molecule has 0 amide bonds. The fourth-order valence-electron chi connectivity index (χ4n) is 0.275. The van der Waals surface area contributed by atoms with Crippen molar-refractivity contribution >= 4 is 0 Å². The third kappa shape index (κ3) is 0.924. The molecule has 3 nitrogen and oxygen atoms in total. The third-order valence-corrected chi connectivity index (χ3v) is 0.562. The highest BCUT2D eigenvalue weighted by molar-refractivity contribution is 4.83. The van der Waals surface area contributed by atoms with Crippen molar-refractivity contribution in [2.75, 3.05) is 0 Å². The summed E-state index contributed by atoms with van der Waals surface area (Å²) in [6, 6.07) is 0. The molecule has 7 heavy (non-hydrogen) atoms. The number of aromatic nitrogens is 3. The van der Waals surface area contributed by atoms with Gasteiger partial charge in [-0.2, -0.15) is 5.10 Å². The van der Waals surface area contributed by atoms with E-state index in [1.54, 1.807) is 6.20 Å². The molecular weight excluding hydrogens is 90.1 g/mol. The van der Waals surface area contributed by atoms with E-state index in [9.17, 15) is 0 Å². The lowest BCUT2D eigenvalue weighted by atomic mass is 10.6. The summed E-state index contributed by atoms with van der Waals surface area (Å²) < 4.78 is 0. The van der Waals surface area contributed by atoms with Gasteiger partial charge in [0.2, 0.25) is 6.33 Å². The highest BCUT2D eigenvalue weighted by Crippen LogP contribution is 1.77. The van der Waals surface area contributed by atoms with Gasteiger partial charge >= 0.3 is 0 Å². The summed E-state index contributed by atoms with van der Waals surface area (Å²) in [5.74, 6) is 0. The van der Waals surface area contributed by atoms with Gasteiger partial charge in [0.05, 0.1) is 11.9 Å². The number of aryl methyl sites for hydroxylation is 1. The Morgan fingerprint density at radius 3 is 2.86 bits per heavy atom. The lowest BCUT2D eigenvalue weighted by Crippen LogP contribution is -1.84. The largest absolute Gasteiger partial charge is 0.230 e. The van der Waals surface area contributed by atoms with Crippen LogP contribution in [-0.4, -0.2) is 15.2 Å². The van der Waals surface area contributed by atoms with E-state index in [1.165, 1.54) is 0 Å². The van der Waals surface area contributed by atoms with Crippen LogP contribution in [0.15, 0.2) is 6.20 Å². The van der Waals surface area contributed by atoms with Gasteiger partial charge in [0.1, 0.15) is 0 Å². The van der Waals surface area contributed by atoms with Gasteiger partial charge in [0.15, 0.2) is 0 Å².